The molecule has 0 radical (unpaired) electrons. The Bertz CT molecular complexity index is 426. The minimum absolute atomic E-state index is 0.0903. The molecule has 2 N–H and O–H groups in total. The molecule has 0 aromatic heterocycles. The van der Waals surface area contributed by atoms with Gasteiger partial charge in [-0.15, -0.1) is 0 Å². The van der Waals surface area contributed by atoms with Gasteiger partial charge in [-0.3, -0.25) is 0 Å². The fourth-order valence-electron chi connectivity index (χ4n) is 2.74. The Morgan fingerprint density at radius 2 is 1.95 bits per heavy atom. The summed E-state index contributed by atoms with van der Waals surface area (Å²) in [7, 11) is 5.74. The van der Waals surface area contributed by atoms with Crippen LogP contribution in [0.5, 0.6) is 5.75 Å². The summed E-state index contributed by atoms with van der Waals surface area (Å²) in [5, 5.41) is 13.1. The van der Waals surface area contributed by atoms with Crippen molar-refractivity contribution in [3.63, 3.8) is 0 Å². The summed E-state index contributed by atoms with van der Waals surface area (Å²) >= 11 is 0. The zero-order valence-electron chi connectivity index (χ0n) is 12.7. The van der Waals surface area contributed by atoms with Gasteiger partial charge in [-0.2, -0.15) is 0 Å². The first-order chi connectivity index (χ1) is 9.60. The van der Waals surface area contributed by atoms with E-state index in [1.165, 1.54) is 5.56 Å². The molecular weight excluding hydrogens is 252 g/mol. The van der Waals surface area contributed by atoms with Crippen LogP contribution in [0.1, 0.15) is 31.2 Å². The second kappa shape index (κ2) is 6.95. The molecule has 2 rings (SSSR count). The standard InChI is InChI=1S/C16H26N2O2/c1-18(2)15-9-4-12(10-16(15)20-3)11-17-13-5-7-14(19)8-6-13/h4,9-10,13-14,17,19H,5-8,11H2,1-3H3. The number of methoxy groups -OCH3 is 1. The van der Waals surface area contributed by atoms with E-state index in [0.29, 0.717) is 6.04 Å². The molecule has 4 heteroatoms. The van der Waals surface area contributed by atoms with E-state index in [9.17, 15) is 5.11 Å². The quantitative estimate of drug-likeness (QED) is 0.866. The molecule has 0 amide bonds. The van der Waals surface area contributed by atoms with E-state index in [0.717, 1.165) is 43.7 Å². The topological polar surface area (TPSA) is 44.7 Å². The molecule has 0 bridgehead atoms. The largest absolute Gasteiger partial charge is 0.495 e. The second-order valence-corrected chi connectivity index (χ2v) is 5.79. The number of aliphatic hydroxyl groups is 1. The van der Waals surface area contributed by atoms with Crippen LogP contribution in [0.4, 0.5) is 5.69 Å². The average Bonchev–Trinajstić information content (AvgIpc) is 2.46. The first-order valence-corrected chi connectivity index (χ1v) is 7.36. The van der Waals surface area contributed by atoms with Gasteiger partial charge in [0.05, 0.1) is 18.9 Å². The number of nitrogens with zero attached hydrogens (tertiary/aromatic N) is 1. The van der Waals surface area contributed by atoms with Crippen molar-refractivity contribution in [2.45, 2.75) is 44.4 Å². The summed E-state index contributed by atoms with van der Waals surface area (Å²) in [6.07, 6.45) is 3.87. The van der Waals surface area contributed by atoms with E-state index < -0.39 is 0 Å². The molecule has 4 nitrogen and oxygen atoms in total. The van der Waals surface area contributed by atoms with Gasteiger partial charge in [0.25, 0.3) is 0 Å². The van der Waals surface area contributed by atoms with Crippen molar-refractivity contribution in [3.05, 3.63) is 23.8 Å². The Labute approximate surface area is 121 Å². The molecule has 0 heterocycles. The van der Waals surface area contributed by atoms with Crippen molar-refractivity contribution in [2.24, 2.45) is 0 Å². The van der Waals surface area contributed by atoms with Gasteiger partial charge < -0.3 is 20.1 Å². The van der Waals surface area contributed by atoms with Crippen LogP contribution in [0.3, 0.4) is 0 Å². The maximum Gasteiger partial charge on any atom is 0.142 e. The molecule has 0 aliphatic heterocycles. The highest BCUT2D eigenvalue weighted by Crippen LogP contribution is 2.28. The maximum absolute atomic E-state index is 9.51. The number of aliphatic hydroxyl groups excluding tert-OH is 1. The Kier molecular flexibility index (Phi) is 5.26. The van der Waals surface area contributed by atoms with Gasteiger partial charge in [0, 0.05) is 26.7 Å². The SMILES string of the molecule is COc1cc(CNC2CCC(O)CC2)ccc1N(C)C. The van der Waals surface area contributed by atoms with E-state index in [2.05, 4.69) is 28.4 Å². The zero-order chi connectivity index (χ0) is 14.5. The number of nitrogens with one attached hydrogen (secondary N) is 1. The summed E-state index contributed by atoms with van der Waals surface area (Å²) in [5.74, 6) is 0.911. The predicted octanol–water partition coefficient (Wildman–Crippen LogP) is 2.15. The van der Waals surface area contributed by atoms with Crippen molar-refractivity contribution in [1.29, 1.82) is 0 Å². The third-order valence-corrected chi connectivity index (χ3v) is 4.02. The molecule has 1 fully saturated rings. The Hall–Kier alpha value is -1.26. The third-order valence-electron chi connectivity index (χ3n) is 4.02. The molecule has 0 saturated heterocycles. The van der Waals surface area contributed by atoms with E-state index in [-0.39, 0.29) is 6.10 Å². The minimum atomic E-state index is -0.0903. The van der Waals surface area contributed by atoms with Gasteiger partial charge >= 0.3 is 0 Å². The number of ether oxygens (including phenoxy) is 1. The number of benzene rings is 1. The lowest BCUT2D eigenvalue weighted by Gasteiger charge is -2.26. The van der Waals surface area contributed by atoms with Crippen LogP contribution in [-0.2, 0) is 6.54 Å². The summed E-state index contributed by atoms with van der Waals surface area (Å²) in [6, 6.07) is 6.86. The molecular formula is C16H26N2O2. The van der Waals surface area contributed by atoms with Gasteiger partial charge in [-0.25, -0.2) is 0 Å². The monoisotopic (exact) mass is 278 g/mol. The molecule has 20 heavy (non-hydrogen) atoms. The number of anilines is 1. The molecule has 1 aromatic rings. The van der Waals surface area contributed by atoms with Crippen LogP contribution in [0, 0.1) is 0 Å². The van der Waals surface area contributed by atoms with Crippen molar-refractivity contribution in [1.82, 2.24) is 5.32 Å². The van der Waals surface area contributed by atoms with Crippen LogP contribution >= 0.6 is 0 Å². The summed E-state index contributed by atoms with van der Waals surface area (Å²) in [6.45, 7) is 0.852. The normalized spacial score (nSPS) is 22.6. The lowest BCUT2D eigenvalue weighted by molar-refractivity contribution is 0.116. The van der Waals surface area contributed by atoms with Crippen LogP contribution in [0.2, 0.25) is 0 Å². The van der Waals surface area contributed by atoms with Gasteiger partial charge in [0.2, 0.25) is 0 Å². The third kappa shape index (κ3) is 3.87. The lowest BCUT2D eigenvalue weighted by Crippen LogP contribution is -2.34. The van der Waals surface area contributed by atoms with Crippen molar-refractivity contribution in [3.8, 4) is 5.75 Å². The fraction of sp³-hybridized carbons (Fsp3) is 0.625. The van der Waals surface area contributed by atoms with E-state index in [1.54, 1.807) is 7.11 Å². The van der Waals surface area contributed by atoms with Gasteiger partial charge in [0.15, 0.2) is 0 Å². The Morgan fingerprint density at radius 1 is 1.25 bits per heavy atom. The van der Waals surface area contributed by atoms with Crippen LogP contribution in [-0.4, -0.2) is 38.5 Å². The Morgan fingerprint density at radius 3 is 2.55 bits per heavy atom. The smallest absolute Gasteiger partial charge is 0.142 e. The molecule has 0 unspecified atom stereocenters. The highest BCUT2D eigenvalue weighted by atomic mass is 16.5. The van der Waals surface area contributed by atoms with Gasteiger partial charge in [0.1, 0.15) is 5.75 Å². The molecule has 0 spiro atoms. The van der Waals surface area contributed by atoms with E-state index >= 15 is 0 Å². The van der Waals surface area contributed by atoms with Crippen molar-refractivity contribution >= 4 is 5.69 Å². The Balaban J connectivity index is 1.93. The van der Waals surface area contributed by atoms with Crippen LogP contribution < -0.4 is 15.0 Å². The molecule has 1 aromatic carbocycles. The van der Waals surface area contributed by atoms with Crippen molar-refractivity contribution < 1.29 is 9.84 Å². The first kappa shape index (κ1) is 15.1. The van der Waals surface area contributed by atoms with E-state index in [1.807, 2.05) is 14.1 Å². The second-order valence-electron chi connectivity index (χ2n) is 5.79. The van der Waals surface area contributed by atoms with Gasteiger partial charge in [-0.1, -0.05) is 6.07 Å². The van der Waals surface area contributed by atoms with E-state index in [4.69, 9.17) is 4.74 Å². The number of hydrogen-bond donors (Lipinski definition) is 2. The summed E-state index contributed by atoms with van der Waals surface area (Å²) in [4.78, 5) is 2.05. The van der Waals surface area contributed by atoms with Crippen LogP contribution in [0.15, 0.2) is 18.2 Å². The highest BCUT2D eigenvalue weighted by molar-refractivity contribution is 5.58. The fourth-order valence-corrected chi connectivity index (χ4v) is 2.74. The molecule has 1 aliphatic carbocycles. The van der Waals surface area contributed by atoms with Crippen LogP contribution in [0.25, 0.3) is 0 Å². The minimum Gasteiger partial charge on any atom is -0.495 e. The zero-order valence-corrected chi connectivity index (χ0v) is 12.7. The predicted molar refractivity (Wildman–Crippen MR) is 82.4 cm³/mol. The molecule has 1 aliphatic rings. The first-order valence-electron chi connectivity index (χ1n) is 7.36. The molecule has 112 valence electrons. The van der Waals surface area contributed by atoms with Crippen molar-refractivity contribution in [2.75, 3.05) is 26.1 Å². The average molecular weight is 278 g/mol. The summed E-state index contributed by atoms with van der Waals surface area (Å²) < 4.78 is 5.45. The highest BCUT2D eigenvalue weighted by Gasteiger charge is 2.18. The molecule has 1 saturated carbocycles. The molecule has 0 atom stereocenters. The summed E-state index contributed by atoms with van der Waals surface area (Å²) in [5.41, 5.74) is 2.33. The number of hydrogen-bond acceptors (Lipinski definition) is 4. The number of rotatable bonds is 5. The maximum atomic E-state index is 9.51. The van der Waals surface area contributed by atoms with Gasteiger partial charge in [-0.05, 0) is 43.4 Å². The lowest BCUT2D eigenvalue weighted by atomic mass is 9.93.